The maximum Gasteiger partial charge on any atom is 0.322 e. The molecule has 0 saturated carbocycles. The summed E-state index contributed by atoms with van der Waals surface area (Å²) in [4.78, 5) is 39.2. The van der Waals surface area contributed by atoms with Gasteiger partial charge in [0.25, 0.3) is 5.91 Å². The highest BCUT2D eigenvalue weighted by atomic mass is 16.7. The third-order valence-corrected chi connectivity index (χ3v) is 2.54. The van der Waals surface area contributed by atoms with E-state index in [-0.39, 0.29) is 11.4 Å². The Bertz CT molecular complexity index is 651. The van der Waals surface area contributed by atoms with Crippen molar-refractivity contribution < 1.29 is 24.6 Å². The number of nitrogens with one attached hydrogen (secondary N) is 3. The SMILES string of the molecule is CNc1c(C=N)c(O)c(C(=O)NCC(=O)O)c(=O)n1OC. The quantitative estimate of drug-likeness (QED) is 0.399. The molecule has 0 aliphatic carbocycles. The Morgan fingerprint density at radius 2 is 2.10 bits per heavy atom. The fourth-order valence-electron chi connectivity index (χ4n) is 1.66. The third kappa shape index (κ3) is 2.94. The minimum atomic E-state index is -1.31. The lowest BCUT2D eigenvalue weighted by molar-refractivity contribution is -0.135. The van der Waals surface area contributed by atoms with Crippen LogP contribution in [0.15, 0.2) is 4.79 Å². The van der Waals surface area contributed by atoms with E-state index in [0.29, 0.717) is 4.73 Å². The standard InChI is InChI=1S/C11H14N4O6/c1-13-9-5(3-12)8(18)7(11(20)15(9)21-2)10(19)14-4-6(16)17/h3,12-13,18H,4H2,1-2H3,(H,14,19)(H,16,17). The summed E-state index contributed by atoms with van der Waals surface area (Å²) in [5.41, 5.74) is -1.86. The van der Waals surface area contributed by atoms with E-state index < -0.39 is 35.3 Å². The largest absolute Gasteiger partial charge is 0.506 e. The van der Waals surface area contributed by atoms with Crippen molar-refractivity contribution in [1.29, 1.82) is 5.41 Å². The summed E-state index contributed by atoms with van der Waals surface area (Å²) in [6, 6.07) is 0. The number of nitrogens with zero attached hydrogens (tertiary/aromatic N) is 1. The average molecular weight is 298 g/mol. The highest BCUT2D eigenvalue weighted by Gasteiger charge is 2.25. The van der Waals surface area contributed by atoms with Crippen molar-refractivity contribution in [1.82, 2.24) is 10.0 Å². The summed E-state index contributed by atoms with van der Waals surface area (Å²) in [7, 11) is 2.59. The summed E-state index contributed by atoms with van der Waals surface area (Å²) in [5.74, 6) is -3.16. The zero-order chi connectivity index (χ0) is 16.2. The number of hydrogen-bond donors (Lipinski definition) is 5. The molecule has 1 rings (SSSR count). The fourth-order valence-corrected chi connectivity index (χ4v) is 1.66. The Balaban J connectivity index is 3.52. The number of aliphatic carboxylic acids is 1. The van der Waals surface area contributed by atoms with Crippen LogP contribution in [0.4, 0.5) is 5.82 Å². The molecule has 0 fully saturated rings. The molecule has 0 unspecified atom stereocenters. The molecule has 1 amide bonds. The highest BCUT2D eigenvalue weighted by Crippen LogP contribution is 2.24. The van der Waals surface area contributed by atoms with E-state index in [9.17, 15) is 19.5 Å². The predicted octanol–water partition coefficient (Wildman–Crippen LogP) is -1.53. The van der Waals surface area contributed by atoms with Gasteiger partial charge in [-0.25, -0.2) is 0 Å². The van der Waals surface area contributed by atoms with Gasteiger partial charge in [-0.2, -0.15) is 0 Å². The molecule has 0 radical (unpaired) electrons. The number of anilines is 1. The van der Waals surface area contributed by atoms with Gasteiger partial charge in [-0.1, -0.05) is 0 Å². The number of carbonyl (C=O) groups excluding carboxylic acids is 1. The molecule has 0 aliphatic rings. The van der Waals surface area contributed by atoms with Crippen molar-refractivity contribution in [2.75, 3.05) is 26.0 Å². The zero-order valence-corrected chi connectivity index (χ0v) is 11.3. The number of pyridine rings is 1. The predicted molar refractivity (Wildman–Crippen MR) is 72.3 cm³/mol. The smallest absolute Gasteiger partial charge is 0.322 e. The Hall–Kier alpha value is -3.04. The number of hydrogen-bond acceptors (Lipinski definition) is 7. The molecule has 21 heavy (non-hydrogen) atoms. The Morgan fingerprint density at radius 3 is 2.52 bits per heavy atom. The van der Waals surface area contributed by atoms with Crippen molar-refractivity contribution in [3.8, 4) is 5.75 Å². The number of carboxylic acid groups (broad SMARTS) is 1. The highest BCUT2D eigenvalue weighted by molar-refractivity contribution is 6.02. The van der Waals surface area contributed by atoms with E-state index in [1.54, 1.807) is 0 Å². The number of carbonyl (C=O) groups is 2. The second kappa shape index (κ2) is 6.41. The maximum atomic E-state index is 12.1. The first-order valence-corrected chi connectivity index (χ1v) is 5.63. The first-order chi connectivity index (χ1) is 9.88. The maximum absolute atomic E-state index is 12.1. The van der Waals surface area contributed by atoms with Gasteiger partial charge in [-0.3, -0.25) is 14.4 Å². The Kier molecular flexibility index (Phi) is 4.89. The molecule has 0 aromatic carbocycles. The molecule has 0 saturated heterocycles. The van der Waals surface area contributed by atoms with Crippen LogP contribution in [0.25, 0.3) is 0 Å². The number of aromatic nitrogens is 1. The Morgan fingerprint density at radius 1 is 1.48 bits per heavy atom. The van der Waals surface area contributed by atoms with Crippen LogP contribution < -0.4 is 21.0 Å². The molecular formula is C11H14N4O6. The fraction of sp³-hybridized carbons (Fsp3) is 0.273. The van der Waals surface area contributed by atoms with Gasteiger partial charge in [-0.15, -0.1) is 4.73 Å². The van der Waals surface area contributed by atoms with Crippen LogP contribution in [0.2, 0.25) is 0 Å². The van der Waals surface area contributed by atoms with E-state index in [4.69, 9.17) is 15.4 Å². The molecule has 1 heterocycles. The van der Waals surface area contributed by atoms with Crippen LogP contribution in [0, 0.1) is 5.41 Å². The zero-order valence-electron chi connectivity index (χ0n) is 11.3. The molecule has 0 spiro atoms. The van der Waals surface area contributed by atoms with Gasteiger partial charge in [-0.05, 0) is 0 Å². The van der Waals surface area contributed by atoms with Gasteiger partial charge < -0.3 is 31.1 Å². The summed E-state index contributed by atoms with van der Waals surface area (Å²) >= 11 is 0. The molecule has 1 aromatic heterocycles. The summed E-state index contributed by atoms with van der Waals surface area (Å²) in [5, 5.41) is 30.2. The van der Waals surface area contributed by atoms with Crippen LogP contribution in [0.3, 0.4) is 0 Å². The first kappa shape index (κ1) is 16.0. The van der Waals surface area contributed by atoms with Crippen molar-refractivity contribution in [2.24, 2.45) is 0 Å². The first-order valence-electron chi connectivity index (χ1n) is 5.63. The van der Waals surface area contributed by atoms with Gasteiger partial charge in [0.05, 0.1) is 5.56 Å². The number of amides is 1. The van der Waals surface area contributed by atoms with Gasteiger partial charge in [0.1, 0.15) is 19.4 Å². The van der Waals surface area contributed by atoms with E-state index in [1.807, 2.05) is 5.32 Å². The summed E-state index contributed by atoms with van der Waals surface area (Å²) in [6.45, 7) is -0.724. The summed E-state index contributed by atoms with van der Waals surface area (Å²) in [6.07, 6.45) is 0.726. The molecule has 1 aromatic rings. The van der Waals surface area contributed by atoms with E-state index in [2.05, 4.69) is 5.32 Å². The van der Waals surface area contributed by atoms with E-state index >= 15 is 0 Å². The van der Waals surface area contributed by atoms with Gasteiger partial charge in [0, 0.05) is 13.3 Å². The molecule has 0 atom stereocenters. The molecule has 10 nitrogen and oxygen atoms in total. The molecular weight excluding hydrogens is 284 g/mol. The lowest BCUT2D eigenvalue weighted by Crippen LogP contribution is -2.38. The monoisotopic (exact) mass is 298 g/mol. The van der Waals surface area contributed by atoms with Crippen LogP contribution in [0.5, 0.6) is 5.75 Å². The van der Waals surface area contributed by atoms with Crippen molar-refractivity contribution >= 4 is 23.9 Å². The van der Waals surface area contributed by atoms with Gasteiger partial charge >= 0.3 is 11.5 Å². The van der Waals surface area contributed by atoms with Crippen molar-refractivity contribution in [3.05, 3.63) is 21.5 Å². The lowest BCUT2D eigenvalue weighted by Gasteiger charge is -2.16. The molecule has 114 valence electrons. The number of rotatable bonds is 6. The molecule has 10 heteroatoms. The van der Waals surface area contributed by atoms with Crippen LogP contribution in [-0.2, 0) is 4.79 Å². The normalized spacial score (nSPS) is 9.81. The minimum Gasteiger partial charge on any atom is -0.506 e. The van der Waals surface area contributed by atoms with Gasteiger partial charge in [0.15, 0.2) is 11.4 Å². The third-order valence-electron chi connectivity index (χ3n) is 2.54. The molecule has 5 N–H and O–H groups in total. The Labute approximate surface area is 118 Å². The van der Waals surface area contributed by atoms with Gasteiger partial charge in [0.2, 0.25) is 0 Å². The summed E-state index contributed by atoms with van der Waals surface area (Å²) < 4.78 is 0.676. The van der Waals surface area contributed by atoms with Crippen LogP contribution in [0.1, 0.15) is 15.9 Å². The van der Waals surface area contributed by atoms with E-state index in [0.717, 1.165) is 13.3 Å². The second-order valence-electron chi connectivity index (χ2n) is 3.74. The van der Waals surface area contributed by atoms with Crippen molar-refractivity contribution in [2.45, 2.75) is 0 Å². The van der Waals surface area contributed by atoms with Crippen LogP contribution in [-0.4, -0.2) is 53.7 Å². The average Bonchev–Trinajstić information content (AvgIpc) is 2.44. The second-order valence-corrected chi connectivity index (χ2v) is 3.74. The van der Waals surface area contributed by atoms with E-state index in [1.165, 1.54) is 7.05 Å². The number of carboxylic acids is 1. The molecule has 0 bridgehead atoms. The molecule has 0 aliphatic heterocycles. The van der Waals surface area contributed by atoms with Crippen molar-refractivity contribution in [3.63, 3.8) is 0 Å². The topological polar surface area (TPSA) is 154 Å². The lowest BCUT2D eigenvalue weighted by atomic mass is 10.1. The van der Waals surface area contributed by atoms with Crippen LogP contribution >= 0.6 is 0 Å². The minimum absolute atomic E-state index is 0.0233. The number of aromatic hydroxyl groups is 1.